The van der Waals surface area contributed by atoms with Crippen molar-refractivity contribution in [2.75, 3.05) is 13.7 Å². The molecular formula is C21H16F5NO. The molecule has 0 amide bonds. The number of hydrogen-bond acceptors (Lipinski definition) is 2. The fourth-order valence-corrected chi connectivity index (χ4v) is 2.91. The van der Waals surface area contributed by atoms with Gasteiger partial charge < -0.3 is 9.64 Å². The predicted molar refractivity (Wildman–Crippen MR) is 97.2 cm³/mol. The van der Waals surface area contributed by atoms with Crippen LogP contribution in [-0.2, 0) is 0 Å². The van der Waals surface area contributed by atoms with Crippen LogP contribution in [0.3, 0.4) is 0 Å². The molecule has 0 fully saturated rings. The Hall–Kier alpha value is -3.09. The first-order chi connectivity index (χ1) is 13.3. The fourth-order valence-electron chi connectivity index (χ4n) is 2.91. The van der Waals surface area contributed by atoms with Crippen LogP contribution in [0, 0.1) is 11.6 Å². The summed E-state index contributed by atoms with van der Waals surface area (Å²) in [7, 11) is 1.44. The number of allylic oxidation sites excluding steroid dienone is 3. The van der Waals surface area contributed by atoms with Gasteiger partial charge in [0.25, 0.3) is 6.43 Å². The molecule has 2 aromatic carbocycles. The van der Waals surface area contributed by atoms with Crippen molar-refractivity contribution >= 4 is 11.3 Å². The highest BCUT2D eigenvalue weighted by atomic mass is 19.3. The average molecular weight is 393 g/mol. The molecule has 0 spiro atoms. The molecule has 3 rings (SSSR count). The number of ether oxygens (including phenoxy) is 1. The van der Waals surface area contributed by atoms with Crippen molar-refractivity contribution in [3.63, 3.8) is 0 Å². The summed E-state index contributed by atoms with van der Waals surface area (Å²) in [5.74, 6) is -3.05. The van der Waals surface area contributed by atoms with Gasteiger partial charge in [0.1, 0.15) is 29.8 Å². The SMILES string of the molecule is C=C1C(F)=CC(c2ccccc2)=C(c2c(F)cc(OCC(F)F)cc2F)N1C. The van der Waals surface area contributed by atoms with E-state index in [0.717, 1.165) is 18.2 Å². The topological polar surface area (TPSA) is 12.5 Å². The standard InChI is InChI=1S/C21H16F5NO/c1-12-16(22)10-15(13-6-4-3-5-7-13)21(27(12)2)20-17(23)8-14(9-18(20)24)28-11-19(25)26/h3-10,19H,1,11H2,2H3. The number of likely N-dealkylation sites (N-methyl/N-ethyl adjacent to an activating group) is 1. The van der Waals surface area contributed by atoms with Gasteiger partial charge in [0.15, 0.2) is 0 Å². The lowest BCUT2D eigenvalue weighted by Crippen LogP contribution is -2.22. The molecule has 0 saturated carbocycles. The maximum atomic E-state index is 14.8. The van der Waals surface area contributed by atoms with E-state index in [2.05, 4.69) is 6.58 Å². The molecule has 0 radical (unpaired) electrons. The fraction of sp³-hybridized carbons (Fsp3) is 0.143. The summed E-state index contributed by atoms with van der Waals surface area (Å²) >= 11 is 0. The van der Waals surface area contributed by atoms with E-state index >= 15 is 0 Å². The molecule has 0 aromatic heterocycles. The molecule has 1 aliphatic heterocycles. The molecule has 1 heterocycles. The first-order valence-electron chi connectivity index (χ1n) is 8.30. The van der Waals surface area contributed by atoms with Crippen molar-refractivity contribution in [1.29, 1.82) is 0 Å². The summed E-state index contributed by atoms with van der Waals surface area (Å²) in [5, 5.41) is 0. The Kier molecular flexibility index (Phi) is 5.53. The van der Waals surface area contributed by atoms with Gasteiger partial charge in [-0.15, -0.1) is 0 Å². The van der Waals surface area contributed by atoms with Gasteiger partial charge in [-0.2, -0.15) is 0 Å². The summed E-state index contributed by atoms with van der Waals surface area (Å²) in [6.45, 7) is 2.62. The van der Waals surface area contributed by atoms with Crippen LogP contribution in [0.5, 0.6) is 5.75 Å². The Bertz CT molecular complexity index is 943. The van der Waals surface area contributed by atoms with E-state index in [-0.39, 0.29) is 22.7 Å². The highest BCUT2D eigenvalue weighted by Gasteiger charge is 2.28. The third kappa shape index (κ3) is 3.78. The lowest BCUT2D eigenvalue weighted by Gasteiger charge is -2.31. The highest BCUT2D eigenvalue weighted by Crippen LogP contribution is 2.41. The zero-order valence-corrected chi connectivity index (χ0v) is 14.9. The van der Waals surface area contributed by atoms with Gasteiger partial charge in [-0.3, -0.25) is 0 Å². The Morgan fingerprint density at radius 3 is 2.21 bits per heavy atom. The molecule has 2 nitrogen and oxygen atoms in total. The second kappa shape index (κ2) is 7.88. The van der Waals surface area contributed by atoms with E-state index in [1.165, 1.54) is 11.9 Å². The number of rotatable bonds is 5. The molecular weight excluding hydrogens is 377 g/mol. The zero-order chi connectivity index (χ0) is 20.4. The summed E-state index contributed by atoms with van der Waals surface area (Å²) in [4.78, 5) is 1.25. The number of benzene rings is 2. The van der Waals surface area contributed by atoms with Crippen molar-refractivity contribution < 1.29 is 26.7 Å². The molecule has 0 atom stereocenters. The maximum absolute atomic E-state index is 14.8. The first kappa shape index (κ1) is 19.7. The number of halogens is 5. The molecule has 28 heavy (non-hydrogen) atoms. The Morgan fingerprint density at radius 2 is 1.64 bits per heavy atom. The first-order valence-corrected chi connectivity index (χ1v) is 8.30. The maximum Gasteiger partial charge on any atom is 0.272 e. The number of alkyl halides is 2. The summed E-state index contributed by atoms with van der Waals surface area (Å²) in [6.07, 6.45) is -1.62. The molecule has 0 N–H and O–H groups in total. The minimum Gasteiger partial charge on any atom is -0.487 e. The monoisotopic (exact) mass is 393 g/mol. The van der Waals surface area contributed by atoms with Crippen LogP contribution in [0.1, 0.15) is 11.1 Å². The van der Waals surface area contributed by atoms with Crippen molar-refractivity contribution in [3.05, 3.63) is 89.4 Å². The van der Waals surface area contributed by atoms with Gasteiger partial charge in [-0.25, -0.2) is 22.0 Å². The van der Waals surface area contributed by atoms with Crippen LogP contribution >= 0.6 is 0 Å². The quantitative estimate of drug-likeness (QED) is 0.597. The van der Waals surface area contributed by atoms with Crippen LogP contribution in [-0.4, -0.2) is 25.0 Å². The second-order valence-electron chi connectivity index (χ2n) is 6.09. The van der Waals surface area contributed by atoms with Gasteiger partial charge in [-0.1, -0.05) is 36.9 Å². The highest BCUT2D eigenvalue weighted by molar-refractivity contribution is 5.97. The van der Waals surface area contributed by atoms with Gasteiger partial charge >= 0.3 is 0 Å². The van der Waals surface area contributed by atoms with Gasteiger partial charge in [0.2, 0.25) is 0 Å². The van der Waals surface area contributed by atoms with E-state index in [4.69, 9.17) is 4.74 Å². The van der Waals surface area contributed by atoms with Crippen molar-refractivity contribution in [1.82, 2.24) is 4.90 Å². The largest absolute Gasteiger partial charge is 0.487 e. The zero-order valence-electron chi connectivity index (χ0n) is 14.9. The smallest absolute Gasteiger partial charge is 0.272 e. The molecule has 7 heteroatoms. The van der Waals surface area contributed by atoms with Gasteiger partial charge in [0, 0.05) is 24.8 Å². The number of hydrogen-bond donors (Lipinski definition) is 0. The molecule has 1 aliphatic rings. The third-order valence-corrected chi connectivity index (χ3v) is 4.26. The molecule has 2 aromatic rings. The molecule has 0 unspecified atom stereocenters. The Morgan fingerprint density at radius 1 is 1.04 bits per heavy atom. The van der Waals surface area contributed by atoms with E-state index in [1.54, 1.807) is 30.3 Å². The number of nitrogens with zero attached hydrogens (tertiary/aromatic N) is 1. The van der Waals surface area contributed by atoms with Crippen LogP contribution < -0.4 is 4.74 Å². The molecule has 0 aliphatic carbocycles. The molecule has 146 valence electrons. The predicted octanol–water partition coefficient (Wildman–Crippen LogP) is 5.79. The van der Waals surface area contributed by atoms with Gasteiger partial charge in [-0.05, 0) is 11.6 Å². The lowest BCUT2D eigenvalue weighted by molar-refractivity contribution is 0.0815. The minimum atomic E-state index is -2.78. The normalized spacial score (nSPS) is 14.6. The lowest BCUT2D eigenvalue weighted by atomic mass is 9.94. The van der Waals surface area contributed by atoms with Crippen LogP contribution in [0.4, 0.5) is 22.0 Å². The van der Waals surface area contributed by atoms with Crippen LogP contribution in [0.2, 0.25) is 0 Å². The third-order valence-electron chi connectivity index (χ3n) is 4.26. The molecule has 0 bridgehead atoms. The van der Waals surface area contributed by atoms with E-state index in [0.29, 0.717) is 5.56 Å². The average Bonchev–Trinajstić information content (AvgIpc) is 2.66. The summed E-state index contributed by atoms with van der Waals surface area (Å²) in [6, 6.07) is 10.2. The van der Waals surface area contributed by atoms with Crippen molar-refractivity contribution in [3.8, 4) is 5.75 Å². The van der Waals surface area contributed by atoms with Crippen molar-refractivity contribution in [2.24, 2.45) is 0 Å². The summed E-state index contributed by atoms with van der Waals surface area (Å²) < 4.78 is 73.2. The second-order valence-corrected chi connectivity index (χ2v) is 6.09. The Labute approximate surface area is 158 Å². The van der Waals surface area contributed by atoms with Gasteiger partial charge in [0.05, 0.1) is 17.0 Å². The molecule has 0 saturated heterocycles. The van der Waals surface area contributed by atoms with E-state index in [9.17, 15) is 22.0 Å². The van der Waals surface area contributed by atoms with Crippen molar-refractivity contribution in [2.45, 2.75) is 6.43 Å². The van der Waals surface area contributed by atoms with E-state index in [1.807, 2.05) is 0 Å². The van der Waals surface area contributed by atoms with Crippen LogP contribution in [0.15, 0.2) is 66.6 Å². The van der Waals surface area contributed by atoms with Crippen LogP contribution in [0.25, 0.3) is 11.3 Å². The van der Waals surface area contributed by atoms with E-state index < -0.39 is 36.1 Å². The Balaban J connectivity index is 2.19. The minimum absolute atomic E-state index is 0.0630. The summed E-state index contributed by atoms with van der Waals surface area (Å²) in [5.41, 5.74) is 0.367.